The minimum atomic E-state index is 0.643. The molecule has 2 rings (SSSR count). The van der Waals surface area contributed by atoms with Gasteiger partial charge in [-0.2, -0.15) is 10.2 Å². The van der Waals surface area contributed by atoms with Crippen molar-refractivity contribution in [3.8, 4) is 0 Å². The predicted molar refractivity (Wildman–Crippen MR) is 53.9 cm³/mol. The summed E-state index contributed by atoms with van der Waals surface area (Å²) in [5.74, 6) is 0. The van der Waals surface area contributed by atoms with E-state index in [1.165, 1.54) is 0 Å². The summed E-state index contributed by atoms with van der Waals surface area (Å²) < 4.78 is 3.53. The SMILES string of the molecule is Nc1cnn(CCn2cc(Cl)cn2)c1. The Labute approximate surface area is 86.1 Å². The molecule has 6 heteroatoms. The molecule has 0 unspecified atom stereocenters. The van der Waals surface area contributed by atoms with Crippen molar-refractivity contribution < 1.29 is 0 Å². The Balaban J connectivity index is 1.94. The summed E-state index contributed by atoms with van der Waals surface area (Å²) in [5.41, 5.74) is 6.19. The van der Waals surface area contributed by atoms with Crippen LogP contribution in [0.3, 0.4) is 0 Å². The molecule has 5 nitrogen and oxygen atoms in total. The van der Waals surface area contributed by atoms with E-state index in [1.807, 2.05) is 0 Å². The van der Waals surface area contributed by atoms with E-state index < -0.39 is 0 Å². The molecule has 2 heterocycles. The van der Waals surface area contributed by atoms with Crippen LogP contribution in [0.4, 0.5) is 5.69 Å². The van der Waals surface area contributed by atoms with Crippen molar-refractivity contribution in [2.75, 3.05) is 5.73 Å². The fourth-order valence-electron chi connectivity index (χ4n) is 1.17. The lowest BCUT2D eigenvalue weighted by molar-refractivity contribution is 0.500. The molecule has 0 radical (unpaired) electrons. The number of hydrogen-bond donors (Lipinski definition) is 1. The Morgan fingerprint density at radius 2 is 1.79 bits per heavy atom. The van der Waals surface area contributed by atoms with Crippen molar-refractivity contribution in [3.63, 3.8) is 0 Å². The third-order valence-corrected chi connectivity index (χ3v) is 2.01. The molecule has 0 fully saturated rings. The summed E-state index contributed by atoms with van der Waals surface area (Å²) in [7, 11) is 0. The molecular weight excluding hydrogens is 202 g/mol. The number of nitrogens with two attached hydrogens (primary N) is 1. The lowest BCUT2D eigenvalue weighted by Crippen LogP contribution is -2.07. The molecule has 2 aromatic rings. The highest BCUT2D eigenvalue weighted by Gasteiger charge is 1.97. The van der Waals surface area contributed by atoms with E-state index in [0.29, 0.717) is 10.7 Å². The third kappa shape index (κ3) is 2.05. The number of hydrogen-bond acceptors (Lipinski definition) is 3. The zero-order valence-corrected chi connectivity index (χ0v) is 8.22. The Hall–Kier alpha value is -1.49. The minimum Gasteiger partial charge on any atom is -0.396 e. The number of anilines is 1. The highest BCUT2D eigenvalue weighted by atomic mass is 35.5. The molecule has 74 valence electrons. The highest BCUT2D eigenvalue weighted by Crippen LogP contribution is 2.05. The van der Waals surface area contributed by atoms with Crippen molar-refractivity contribution in [2.24, 2.45) is 0 Å². The summed E-state index contributed by atoms with van der Waals surface area (Å²) in [6.45, 7) is 1.46. The zero-order valence-electron chi connectivity index (χ0n) is 7.47. The van der Waals surface area contributed by atoms with E-state index >= 15 is 0 Å². The second-order valence-corrected chi connectivity index (χ2v) is 3.39. The number of aryl methyl sites for hydroxylation is 2. The van der Waals surface area contributed by atoms with Crippen molar-refractivity contribution in [1.29, 1.82) is 0 Å². The molecule has 0 bridgehead atoms. The molecule has 0 atom stereocenters. The largest absolute Gasteiger partial charge is 0.396 e. The lowest BCUT2D eigenvalue weighted by Gasteiger charge is -2.00. The normalized spacial score (nSPS) is 10.6. The van der Waals surface area contributed by atoms with Crippen LogP contribution >= 0.6 is 11.6 Å². The van der Waals surface area contributed by atoms with Gasteiger partial charge < -0.3 is 5.73 Å². The highest BCUT2D eigenvalue weighted by molar-refractivity contribution is 6.30. The van der Waals surface area contributed by atoms with Crippen LogP contribution in [0.1, 0.15) is 0 Å². The van der Waals surface area contributed by atoms with Crippen molar-refractivity contribution in [2.45, 2.75) is 13.1 Å². The molecule has 0 spiro atoms. The van der Waals surface area contributed by atoms with Crippen LogP contribution in [-0.4, -0.2) is 19.6 Å². The summed E-state index contributed by atoms with van der Waals surface area (Å²) in [5, 5.41) is 8.75. The first-order chi connectivity index (χ1) is 6.74. The van der Waals surface area contributed by atoms with Gasteiger partial charge >= 0.3 is 0 Å². The number of aromatic nitrogens is 4. The average molecular weight is 212 g/mol. The van der Waals surface area contributed by atoms with Gasteiger partial charge in [0.15, 0.2) is 0 Å². The monoisotopic (exact) mass is 211 g/mol. The fraction of sp³-hybridized carbons (Fsp3) is 0.250. The second-order valence-electron chi connectivity index (χ2n) is 2.96. The van der Waals surface area contributed by atoms with E-state index in [2.05, 4.69) is 10.2 Å². The van der Waals surface area contributed by atoms with Crippen molar-refractivity contribution in [3.05, 3.63) is 29.8 Å². The van der Waals surface area contributed by atoms with Gasteiger partial charge in [-0.1, -0.05) is 11.6 Å². The standard InChI is InChI=1S/C8H10ClN5/c9-7-3-11-13(5-7)1-2-14-6-8(10)4-12-14/h3-6H,1-2,10H2. The first-order valence-electron chi connectivity index (χ1n) is 4.20. The van der Waals surface area contributed by atoms with E-state index in [1.54, 1.807) is 34.2 Å². The smallest absolute Gasteiger partial charge is 0.0785 e. The molecule has 0 aliphatic carbocycles. The molecule has 2 N–H and O–H groups in total. The molecule has 14 heavy (non-hydrogen) atoms. The van der Waals surface area contributed by atoms with Crippen LogP contribution in [0.5, 0.6) is 0 Å². The molecule has 0 saturated carbocycles. The predicted octanol–water partition coefficient (Wildman–Crippen LogP) is 1.02. The second kappa shape index (κ2) is 3.71. The van der Waals surface area contributed by atoms with Gasteiger partial charge in [0.05, 0.1) is 36.2 Å². The fourth-order valence-corrected chi connectivity index (χ4v) is 1.32. The molecule has 2 aromatic heterocycles. The molecule has 0 aromatic carbocycles. The van der Waals surface area contributed by atoms with Gasteiger partial charge in [0.2, 0.25) is 0 Å². The van der Waals surface area contributed by atoms with E-state index in [0.717, 1.165) is 13.1 Å². The average Bonchev–Trinajstić information content (AvgIpc) is 2.72. The van der Waals surface area contributed by atoms with E-state index in [4.69, 9.17) is 17.3 Å². The third-order valence-electron chi connectivity index (χ3n) is 1.81. The molecular formula is C8H10ClN5. The van der Waals surface area contributed by atoms with E-state index in [-0.39, 0.29) is 0 Å². The van der Waals surface area contributed by atoms with Crippen molar-refractivity contribution in [1.82, 2.24) is 19.6 Å². The molecule has 0 amide bonds. The molecule has 0 saturated heterocycles. The Morgan fingerprint density at radius 1 is 1.14 bits per heavy atom. The van der Waals surface area contributed by atoms with E-state index in [9.17, 15) is 0 Å². The zero-order chi connectivity index (χ0) is 9.97. The topological polar surface area (TPSA) is 61.7 Å². The molecule has 0 aliphatic rings. The van der Waals surface area contributed by atoms with Gasteiger partial charge in [0, 0.05) is 12.4 Å². The van der Waals surface area contributed by atoms with Gasteiger partial charge in [0.25, 0.3) is 0 Å². The number of halogens is 1. The van der Waals surface area contributed by atoms with Gasteiger partial charge in [0.1, 0.15) is 0 Å². The maximum atomic E-state index is 5.72. The Kier molecular flexibility index (Phi) is 2.41. The minimum absolute atomic E-state index is 0.643. The van der Waals surface area contributed by atoms with Crippen molar-refractivity contribution >= 4 is 17.3 Å². The van der Waals surface area contributed by atoms with Crippen LogP contribution in [-0.2, 0) is 13.1 Å². The Morgan fingerprint density at radius 3 is 2.29 bits per heavy atom. The Bertz CT molecular complexity index is 379. The van der Waals surface area contributed by atoms with Crippen LogP contribution in [0.25, 0.3) is 0 Å². The summed E-state index contributed by atoms with van der Waals surface area (Å²) in [4.78, 5) is 0. The van der Waals surface area contributed by atoms with Gasteiger partial charge in [-0.15, -0.1) is 0 Å². The number of rotatable bonds is 3. The first kappa shape index (κ1) is 9.08. The lowest BCUT2D eigenvalue weighted by atomic mass is 10.6. The van der Waals surface area contributed by atoms with Gasteiger partial charge in [-0.05, 0) is 0 Å². The summed E-state index contributed by atoms with van der Waals surface area (Å²) in [6, 6.07) is 0. The maximum Gasteiger partial charge on any atom is 0.0785 e. The van der Waals surface area contributed by atoms with Crippen LogP contribution in [0.15, 0.2) is 24.8 Å². The summed E-state index contributed by atoms with van der Waals surface area (Å²) >= 11 is 5.72. The first-order valence-corrected chi connectivity index (χ1v) is 4.58. The maximum absolute atomic E-state index is 5.72. The van der Waals surface area contributed by atoms with Gasteiger partial charge in [-0.3, -0.25) is 9.36 Å². The number of nitrogen functional groups attached to an aromatic ring is 1. The van der Waals surface area contributed by atoms with Crippen LogP contribution in [0.2, 0.25) is 5.02 Å². The summed E-state index contributed by atoms with van der Waals surface area (Å²) in [6.07, 6.45) is 6.79. The number of nitrogens with zero attached hydrogens (tertiary/aromatic N) is 4. The van der Waals surface area contributed by atoms with Crippen LogP contribution in [0, 0.1) is 0 Å². The quantitative estimate of drug-likeness (QED) is 0.825. The molecule has 0 aliphatic heterocycles. The van der Waals surface area contributed by atoms with Crippen LogP contribution < -0.4 is 5.73 Å². The van der Waals surface area contributed by atoms with Gasteiger partial charge in [-0.25, -0.2) is 0 Å².